The third-order valence-corrected chi connectivity index (χ3v) is 7.21. The Morgan fingerprint density at radius 3 is 2.53 bits per heavy atom. The number of thioether (sulfide) groups is 1. The molecule has 168 valence electrons. The van der Waals surface area contributed by atoms with Gasteiger partial charge in [-0.15, -0.1) is 11.8 Å². The molecule has 2 N–H and O–H groups in total. The number of anilines is 2. The van der Waals surface area contributed by atoms with Gasteiger partial charge in [-0.25, -0.2) is 4.68 Å². The van der Waals surface area contributed by atoms with Crippen molar-refractivity contribution >= 4 is 61.0 Å². The van der Waals surface area contributed by atoms with Crippen LogP contribution in [0.2, 0.25) is 0 Å². The molecule has 2 atom stereocenters. The molecule has 0 radical (unpaired) electrons. The Bertz CT molecular complexity index is 1150. The third kappa shape index (κ3) is 4.55. The summed E-state index contributed by atoms with van der Waals surface area (Å²) in [5.41, 5.74) is 1.16. The molecule has 2 heterocycles. The van der Waals surface area contributed by atoms with Gasteiger partial charge in [0.25, 0.3) is 5.91 Å². The van der Waals surface area contributed by atoms with Gasteiger partial charge < -0.3 is 10.6 Å². The quantitative estimate of drug-likeness (QED) is 0.320. The van der Waals surface area contributed by atoms with Gasteiger partial charge in [-0.3, -0.25) is 4.79 Å². The molecule has 0 unspecified atom stereocenters. The second-order valence-corrected chi connectivity index (χ2v) is 9.71. The highest BCUT2D eigenvalue weighted by Gasteiger charge is 2.47. The number of benzene rings is 2. The van der Waals surface area contributed by atoms with E-state index in [0.29, 0.717) is 11.3 Å². The lowest BCUT2D eigenvalue weighted by atomic mass is 9.97. The second-order valence-electron chi connectivity index (χ2n) is 7.15. The van der Waals surface area contributed by atoms with Gasteiger partial charge in [0, 0.05) is 15.8 Å². The van der Waals surface area contributed by atoms with E-state index in [1.54, 1.807) is 36.4 Å². The van der Waals surface area contributed by atoms with Crippen LogP contribution in [0.3, 0.4) is 0 Å². The van der Waals surface area contributed by atoms with Crippen molar-refractivity contribution in [2.75, 3.05) is 16.9 Å². The van der Waals surface area contributed by atoms with E-state index in [1.807, 2.05) is 18.4 Å². The summed E-state index contributed by atoms with van der Waals surface area (Å²) in [5.74, 6) is -0.474. The van der Waals surface area contributed by atoms with Crippen molar-refractivity contribution in [3.05, 3.63) is 68.7 Å². The normalized spacial score (nSPS) is 18.1. The number of rotatable bonds is 4. The molecule has 1 aliphatic rings. The van der Waals surface area contributed by atoms with Crippen molar-refractivity contribution in [3.63, 3.8) is 0 Å². The second kappa shape index (κ2) is 9.11. The van der Waals surface area contributed by atoms with Gasteiger partial charge >= 0.3 is 6.18 Å². The predicted octanol–water partition coefficient (Wildman–Crippen LogP) is 7.04. The number of hydrogen-bond donors (Lipinski definition) is 2. The first-order chi connectivity index (χ1) is 15.2. The van der Waals surface area contributed by atoms with Crippen molar-refractivity contribution in [2.24, 2.45) is 0 Å². The number of halogens is 5. The van der Waals surface area contributed by atoms with Crippen LogP contribution in [0.15, 0.2) is 62.4 Å². The summed E-state index contributed by atoms with van der Waals surface area (Å²) in [6.45, 7) is 0. The zero-order chi connectivity index (χ0) is 23.0. The predicted molar refractivity (Wildman–Crippen MR) is 126 cm³/mol. The Balaban J connectivity index is 1.70. The molecule has 0 fully saturated rings. The summed E-state index contributed by atoms with van der Waals surface area (Å²) in [7, 11) is 0. The van der Waals surface area contributed by atoms with Gasteiger partial charge in [-0.05, 0) is 52.0 Å². The van der Waals surface area contributed by atoms with E-state index >= 15 is 0 Å². The molecular weight excluding hydrogens is 573 g/mol. The molecule has 5 nitrogen and oxygen atoms in total. The van der Waals surface area contributed by atoms with Crippen LogP contribution in [-0.2, 0) is 0 Å². The van der Waals surface area contributed by atoms with Crippen molar-refractivity contribution < 1.29 is 18.0 Å². The lowest BCUT2D eigenvalue weighted by Crippen LogP contribution is -2.35. The number of carbonyl (C=O) groups excluding carboxylic acids is 1. The molecule has 0 spiro atoms. The van der Waals surface area contributed by atoms with Gasteiger partial charge in [0.15, 0.2) is 11.7 Å². The lowest BCUT2D eigenvalue weighted by Gasteiger charge is -2.33. The van der Waals surface area contributed by atoms with Crippen molar-refractivity contribution in [1.29, 1.82) is 0 Å². The summed E-state index contributed by atoms with van der Waals surface area (Å²) >= 11 is 8.10. The first kappa shape index (κ1) is 23.2. The highest BCUT2D eigenvalue weighted by molar-refractivity contribution is 9.11. The minimum Gasteiger partial charge on any atom is -0.362 e. The van der Waals surface area contributed by atoms with Crippen LogP contribution >= 0.6 is 43.6 Å². The van der Waals surface area contributed by atoms with Crippen LogP contribution in [-0.4, -0.2) is 28.1 Å². The lowest BCUT2D eigenvalue weighted by molar-refractivity contribution is -0.173. The Hall–Kier alpha value is -1.98. The maximum atomic E-state index is 13.9. The van der Waals surface area contributed by atoms with Crippen LogP contribution in [0.5, 0.6) is 0 Å². The molecule has 4 rings (SSSR count). The topological polar surface area (TPSA) is 59.0 Å². The van der Waals surface area contributed by atoms with Gasteiger partial charge in [-0.2, -0.15) is 18.3 Å². The van der Waals surface area contributed by atoms with Gasteiger partial charge in [0.1, 0.15) is 5.82 Å². The van der Waals surface area contributed by atoms with Crippen molar-refractivity contribution in [1.82, 2.24) is 9.78 Å². The largest absolute Gasteiger partial charge is 0.410 e. The SMILES string of the molecule is CSc1ccccc1NC(=O)c1nn2c(c1Br)N[C@@H](c1ccc(Br)cc1)C[C@H]2C(F)(F)F. The number of para-hydroxylation sites is 1. The van der Waals surface area contributed by atoms with E-state index < -0.39 is 24.2 Å². The van der Waals surface area contributed by atoms with Gasteiger partial charge in [0.05, 0.1) is 16.2 Å². The molecule has 1 aromatic heterocycles. The minimum absolute atomic E-state index is 0.117. The molecule has 1 aliphatic heterocycles. The maximum Gasteiger partial charge on any atom is 0.410 e. The van der Waals surface area contributed by atoms with Crippen molar-refractivity contribution in [2.45, 2.75) is 29.6 Å². The summed E-state index contributed by atoms with van der Waals surface area (Å²) < 4.78 is 43.7. The highest BCUT2D eigenvalue weighted by Crippen LogP contribution is 2.46. The van der Waals surface area contributed by atoms with E-state index in [0.717, 1.165) is 14.1 Å². The van der Waals surface area contributed by atoms with E-state index in [2.05, 4.69) is 47.6 Å². The fourth-order valence-electron chi connectivity index (χ4n) is 3.58. The number of carbonyl (C=O) groups is 1. The monoisotopic (exact) mass is 588 g/mol. The zero-order valence-corrected chi connectivity index (χ0v) is 20.6. The fraction of sp³-hybridized carbons (Fsp3) is 0.238. The average molecular weight is 590 g/mol. The first-order valence-electron chi connectivity index (χ1n) is 9.50. The number of fused-ring (bicyclic) bond motifs is 1. The Kier molecular flexibility index (Phi) is 6.60. The van der Waals surface area contributed by atoms with Gasteiger partial charge in [-0.1, -0.05) is 40.2 Å². The number of nitrogens with zero attached hydrogens (tertiary/aromatic N) is 2. The average Bonchev–Trinajstić information content (AvgIpc) is 3.10. The highest BCUT2D eigenvalue weighted by atomic mass is 79.9. The molecular formula is C21H17Br2F3N4OS. The van der Waals surface area contributed by atoms with Crippen LogP contribution in [0.4, 0.5) is 24.7 Å². The number of nitrogens with one attached hydrogen (secondary N) is 2. The van der Waals surface area contributed by atoms with Gasteiger partial charge in [0.2, 0.25) is 0 Å². The molecule has 0 saturated carbocycles. The minimum atomic E-state index is -4.53. The fourth-order valence-corrected chi connectivity index (χ4v) is 4.95. The number of alkyl halides is 3. The molecule has 0 bridgehead atoms. The van der Waals surface area contributed by atoms with E-state index in [9.17, 15) is 18.0 Å². The molecule has 3 aromatic rings. The van der Waals surface area contributed by atoms with Crippen LogP contribution in [0.25, 0.3) is 0 Å². The summed E-state index contributed by atoms with van der Waals surface area (Å²) in [5, 5.41) is 9.92. The van der Waals surface area contributed by atoms with E-state index in [-0.39, 0.29) is 22.4 Å². The summed E-state index contributed by atoms with van der Waals surface area (Å²) in [4.78, 5) is 13.8. The van der Waals surface area contributed by atoms with Crippen LogP contribution in [0, 0.1) is 0 Å². The zero-order valence-electron chi connectivity index (χ0n) is 16.6. The molecule has 11 heteroatoms. The molecule has 2 aromatic carbocycles. The Labute approximate surface area is 203 Å². The number of amides is 1. The van der Waals surface area contributed by atoms with E-state index in [4.69, 9.17) is 0 Å². The molecule has 0 aliphatic carbocycles. The van der Waals surface area contributed by atoms with E-state index in [1.165, 1.54) is 11.8 Å². The number of hydrogen-bond acceptors (Lipinski definition) is 4. The van der Waals surface area contributed by atoms with Crippen LogP contribution in [0.1, 0.15) is 34.6 Å². The summed E-state index contributed by atoms with van der Waals surface area (Å²) in [6, 6.07) is 11.8. The van der Waals surface area contributed by atoms with Crippen molar-refractivity contribution in [3.8, 4) is 0 Å². The summed E-state index contributed by atoms with van der Waals surface area (Å²) in [6.07, 6.45) is -2.91. The smallest absolute Gasteiger partial charge is 0.362 e. The Morgan fingerprint density at radius 1 is 1.19 bits per heavy atom. The number of aromatic nitrogens is 2. The van der Waals surface area contributed by atoms with Crippen LogP contribution < -0.4 is 10.6 Å². The maximum absolute atomic E-state index is 13.9. The molecule has 1 amide bonds. The molecule has 32 heavy (non-hydrogen) atoms. The first-order valence-corrected chi connectivity index (χ1v) is 12.3. The third-order valence-electron chi connectivity index (χ3n) is 5.14. The molecule has 0 saturated heterocycles. The standard InChI is InChI=1S/C21H17Br2F3N4OS/c1-32-15-5-3-2-4-13(15)28-20(31)18-17(23)19-27-14(11-6-8-12(22)9-7-11)10-16(21(24,25)26)30(19)29-18/h2-9,14,16,27H,10H2,1H3,(H,28,31)/t14-,16+/m1/s1. The Morgan fingerprint density at radius 2 is 1.88 bits per heavy atom.